The molecule has 0 aliphatic rings. The maximum absolute atomic E-state index is 13.3. The first-order valence-corrected chi connectivity index (χ1v) is 9.95. The lowest BCUT2D eigenvalue weighted by molar-refractivity contribution is 0.0531. The Morgan fingerprint density at radius 2 is 1.83 bits per heavy atom. The first kappa shape index (κ1) is 21.1. The van der Waals surface area contributed by atoms with E-state index in [1.165, 1.54) is 17.0 Å². The van der Waals surface area contributed by atoms with Gasteiger partial charge in [-0.05, 0) is 55.8 Å². The Labute approximate surface area is 177 Å². The summed E-state index contributed by atoms with van der Waals surface area (Å²) < 4.78 is 18.4. The number of nitriles is 1. The van der Waals surface area contributed by atoms with Gasteiger partial charge < -0.3 is 4.74 Å². The Kier molecular flexibility index (Phi) is 6.54. The van der Waals surface area contributed by atoms with Crippen LogP contribution < -0.4 is 4.90 Å². The Morgan fingerprint density at radius 1 is 1.17 bits per heavy atom. The maximum atomic E-state index is 13.3. The molecule has 0 radical (unpaired) electrons. The van der Waals surface area contributed by atoms with Crippen LogP contribution in [0, 0.1) is 24.1 Å². The lowest BCUT2D eigenvalue weighted by Gasteiger charge is -2.20. The van der Waals surface area contributed by atoms with Gasteiger partial charge in [-0.3, -0.25) is 9.69 Å². The second-order valence-electron chi connectivity index (χ2n) is 6.34. The van der Waals surface area contributed by atoms with Crippen LogP contribution in [0.3, 0.4) is 0 Å². The number of rotatable bonds is 6. The van der Waals surface area contributed by atoms with Gasteiger partial charge in [0.25, 0.3) is 5.91 Å². The van der Waals surface area contributed by atoms with Crippen LogP contribution in [0.4, 0.5) is 9.52 Å². The van der Waals surface area contributed by atoms with E-state index in [-0.39, 0.29) is 24.9 Å². The van der Waals surface area contributed by atoms with Gasteiger partial charge in [-0.25, -0.2) is 14.2 Å². The van der Waals surface area contributed by atoms with E-state index in [0.29, 0.717) is 32.4 Å². The van der Waals surface area contributed by atoms with Crippen LogP contribution in [0.5, 0.6) is 0 Å². The highest BCUT2D eigenvalue weighted by molar-refractivity contribution is 7.17. The fraction of sp³-hybridized carbons (Fsp3) is 0.182. The largest absolute Gasteiger partial charge is 0.462 e. The summed E-state index contributed by atoms with van der Waals surface area (Å²) in [6.07, 6.45) is 0. The highest BCUT2D eigenvalue weighted by Gasteiger charge is 2.25. The van der Waals surface area contributed by atoms with Crippen molar-refractivity contribution in [2.75, 3.05) is 11.5 Å². The number of carbonyl (C=O) groups excluding carboxylic acids is 2. The summed E-state index contributed by atoms with van der Waals surface area (Å²) in [5.74, 6) is -1.22. The average molecular weight is 423 g/mol. The smallest absolute Gasteiger partial charge is 0.350 e. The van der Waals surface area contributed by atoms with Gasteiger partial charge in [0.05, 0.1) is 30.5 Å². The molecule has 1 amide bonds. The van der Waals surface area contributed by atoms with Crippen molar-refractivity contribution in [1.82, 2.24) is 4.98 Å². The minimum absolute atomic E-state index is 0.133. The van der Waals surface area contributed by atoms with E-state index < -0.39 is 5.97 Å². The summed E-state index contributed by atoms with van der Waals surface area (Å²) in [6.45, 7) is 3.75. The van der Waals surface area contributed by atoms with Crippen LogP contribution in [0.15, 0.2) is 48.5 Å². The molecule has 6 nitrogen and oxygen atoms in total. The molecule has 0 spiro atoms. The van der Waals surface area contributed by atoms with Crippen molar-refractivity contribution in [3.05, 3.63) is 81.6 Å². The number of carbonyl (C=O) groups is 2. The number of esters is 1. The van der Waals surface area contributed by atoms with Crippen LogP contribution >= 0.6 is 11.3 Å². The number of halogens is 1. The summed E-state index contributed by atoms with van der Waals surface area (Å²) in [7, 11) is 0. The number of amides is 1. The van der Waals surface area contributed by atoms with E-state index >= 15 is 0 Å². The lowest BCUT2D eigenvalue weighted by Crippen LogP contribution is -2.30. The van der Waals surface area contributed by atoms with Crippen molar-refractivity contribution < 1.29 is 18.7 Å². The number of ether oxygens (including phenoxy) is 1. The minimum Gasteiger partial charge on any atom is -0.462 e. The number of thiazole rings is 1. The molecule has 1 aromatic heterocycles. The number of hydrogen-bond donors (Lipinski definition) is 0. The van der Waals surface area contributed by atoms with Crippen molar-refractivity contribution in [3.63, 3.8) is 0 Å². The zero-order valence-corrected chi connectivity index (χ0v) is 17.2. The molecule has 0 aliphatic carbocycles. The molecule has 0 saturated heterocycles. The molecule has 152 valence electrons. The SMILES string of the molecule is CCOC(=O)c1sc(N(Cc2ccc(F)cc2)C(=O)c2ccc(C#N)cc2)nc1C. The molecule has 3 aromatic rings. The number of anilines is 1. The topological polar surface area (TPSA) is 83.3 Å². The maximum Gasteiger partial charge on any atom is 0.350 e. The summed E-state index contributed by atoms with van der Waals surface area (Å²) in [5, 5.41) is 9.30. The molecule has 8 heteroatoms. The molecule has 0 saturated carbocycles. The predicted octanol–water partition coefficient (Wildman–Crippen LogP) is 4.49. The van der Waals surface area contributed by atoms with Gasteiger partial charge in [0.15, 0.2) is 5.13 Å². The average Bonchev–Trinajstić information content (AvgIpc) is 3.14. The fourth-order valence-electron chi connectivity index (χ4n) is 2.73. The summed E-state index contributed by atoms with van der Waals surface area (Å²) >= 11 is 1.06. The second-order valence-corrected chi connectivity index (χ2v) is 7.32. The number of aryl methyl sites for hydroxylation is 1. The van der Waals surface area contributed by atoms with E-state index in [9.17, 15) is 14.0 Å². The fourth-order valence-corrected chi connectivity index (χ4v) is 3.68. The van der Waals surface area contributed by atoms with Crippen LogP contribution in [-0.4, -0.2) is 23.5 Å². The summed E-state index contributed by atoms with van der Waals surface area (Å²) in [5.41, 5.74) is 1.96. The van der Waals surface area contributed by atoms with Crippen molar-refractivity contribution in [2.45, 2.75) is 20.4 Å². The minimum atomic E-state index is -0.494. The third-order valence-electron chi connectivity index (χ3n) is 4.24. The molecule has 2 aromatic carbocycles. The Hall–Kier alpha value is -3.57. The number of aromatic nitrogens is 1. The molecule has 30 heavy (non-hydrogen) atoms. The van der Waals surface area contributed by atoms with E-state index in [2.05, 4.69) is 4.98 Å². The summed E-state index contributed by atoms with van der Waals surface area (Å²) in [6, 6.07) is 14.0. The predicted molar refractivity (Wildman–Crippen MR) is 111 cm³/mol. The molecular weight excluding hydrogens is 405 g/mol. The molecule has 1 heterocycles. The Balaban J connectivity index is 1.99. The van der Waals surface area contributed by atoms with E-state index in [1.807, 2.05) is 6.07 Å². The highest BCUT2D eigenvalue weighted by Crippen LogP contribution is 2.29. The Bertz CT molecular complexity index is 1100. The normalized spacial score (nSPS) is 10.3. The second kappa shape index (κ2) is 9.29. The van der Waals surface area contributed by atoms with E-state index in [4.69, 9.17) is 10.00 Å². The van der Waals surface area contributed by atoms with E-state index in [1.54, 1.807) is 50.2 Å². The number of nitrogens with zero attached hydrogens (tertiary/aromatic N) is 3. The van der Waals surface area contributed by atoms with E-state index in [0.717, 1.165) is 11.3 Å². The van der Waals surface area contributed by atoms with Gasteiger partial charge in [0, 0.05) is 5.56 Å². The summed E-state index contributed by atoms with van der Waals surface area (Å²) in [4.78, 5) is 31.6. The van der Waals surface area contributed by atoms with Crippen molar-refractivity contribution >= 4 is 28.3 Å². The van der Waals surface area contributed by atoms with Crippen LogP contribution in [0.1, 0.15) is 43.8 Å². The van der Waals surface area contributed by atoms with Crippen LogP contribution in [0.25, 0.3) is 0 Å². The zero-order valence-electron chi connectivity index (χ0n) is 16.4. The van der Waals surface area contributed by atoms with Crippen LogP contribution in [0.2, 0.25) is 0 Å². The molecule has 0 bridgehead atoms. The number of benzene rings is 2. The van der Waals surface area contributed by atoms with Gasteiger partial charge in [-0.2, -0.15) is 5.26 Å². The molecule has 0 fully saturated rings. The third-order valence-corrected chi connectivity index (χ3v) is 5.40. The molecule has 0 unspecified atom stereocenters. The first-order chi connectivity index (χ1) is 14.4. The van der Waals surface area contributed by atoms with Crippen molar-refractivity contribution in [3.8, 4) is 6.07 Å². The first-order valence-electron chi connectivity index (χ1n) is 9.14. The van der Waals surface area contributed by atoms with Gasteiger partial charge >= 0.3 is 5.97 Å². The molecular formula is C22H18FN3O3S. The van der Waals surface area contributed by atoms with Crippen molar-refractivity contribution in [2.24, 2.45) is 0 Å². The molecule has 3 rings (SSSR count). The monoisotopic (exact) mass is 423 g/mol. The Morgan fingerprint density at radius 3 is 2.43 bits per heavy atom. The van der Waals surface area contributed by atoms with Crippen molar-refractivity contribution in [1.29, 1.82) is 5.26 Å². The lowest BCUT2D eigenvalue weighted by atomic mass is 10.1. The standard InChI is InChI=1S/C22H18FN3O3S/c1-3-29-21(28)19-14(2)25-22(30-19)26(13-16-6-10-18(23)11-7-16)20(27)17-8-4-15(12-24)5-9-17/h4-11H,3,13H2,1-2H3. The highest BCUT2D eigenvalue weighted by atomic mass is 32.1. The third kappa shape index (κ3) is 4.70. The molecule has 0 aliphatic heterocycles. The van der Waals surface area contributed by atoms with Gasteiger partial charge in [0.1, 0.15) is 10.7 Å². The van der Waals surface area contributed by atoms with Gasteiger partial charge in [-0.15, -0.1) is 0 Å². The molecule has 0 N–H and O–H groups in total. The quantitative estimate of drug-likeness (QED) is 0.546. The van der Waals surface area contributed by atoms with Gasteiger partial charge in [-0.1, -0.05) is 23.5 Å². The number of hydrogen-bond acceptors (Lipinski definition) is 6. The zero-order chi connectivity index (χ0) is 21.7. The molecule has 0 atom stereocenters. The van der Waals surface area contributed by atoms with Gasteiger partial charge in [0.2, 0.25) is 0 Å². The van der Waals surface area contributed by atoms with Crippen LogP contribution in [-0.2, 0) is 11.3 Å².